The van der Waals surface area contributed by atoms with E-state index in [0.717, 1.165) is 20.2 Å². The van der Waals surface area contributed by atoms with Crippen molar-refractivity contribution >= 4 is 27.7 Å². The molecule has 5 heteroatoms. The Balaban J connectivity index is 2.26. The van der Waals surface area contributed by atoms with Crippen LogP contribution in [-0.2, 0) is 0 Å². The van der Waals surface area contributed by atoms with Crippen molar-refractivity contribution in [3.05, 3.63) is 40.9 Å². The Kier molecular flexibility index (Phi) is 3.33. The van der Waals surface area contributed by atoms with E-state index >= 15 is 0 Å². The minimum Gasteiger partial charge on any atom is -0.263 e. The smallest absolute Gasteiger partial charge is 0.192 e. The fourth-order valence-corrected chi connectivity index (χ4v) is 2.29. The van der Waals surface area contributed by atoms with Gasteiger partial charge in [-0.1, -0.05) is 0 Å². The number of halogens is 1. The fourth-order valence-electron chi connectivity index (χ4n) is 1.02. The number of hydrogen-bond donors (Lipinski definition) is 0. The van der Waals surface area contributed by atoms with Crippen LogP contribution in [0.3, 0.4) is 0 Å². The lowest BCUT2D eigenvalue weighted by atomic mass is 10.5. The molecule has 0 aliphatic rings. The highest BCUT2D eigenvalue weighted by Crippen LogP contribution is 2.30. The van der Waals surface area contributed by atoms with Gasteiger partial charge in [-0.05, 0) is 46.7 Å². The van der Waals surface area contributed by atoms with Gasteiger partial charge in [0.1, 0.15) is 0 Å². The predicted octanol–water partition coefficient (Wildman–Crippen LogP) is 3.09. The molecule has 0 unspecified atom stereocenters. The van der Waals surface area contributed by atoms with E-state index in [4.69, 9.17) is 0 Å². The maximum absolute atomic E-state index is 4.32. The van der Waals surface area contributed by atoms with Crippen LogP contribution in [0.2, 0.25) is 0 Å². The van der Waals surface area contributed by atoms with Crippen LogP contribution in [0.4, 0.5) is 0 Å². The second kappa shape index (κ2) is 4.72. The molecule has 0 fully saturated rings. The van der Waals surface area contributed by atoms with Crippen molar-refractivity contribution in [2.75, 3.05) is 0 Å². The minimum absolute atomic E-state index is 0.752. The van der Waals surface area contributed by atoms with Crippen LogP contribution in [0.5, 0.6) is 0 Å². The first-order valence-corrected chi connectivity index (χ1v) is 5.93. The fraction of sp³-hybridized carbons (Fsp3) is 0.100. The molecule has 3 nitrogen and oxygen atoms in total. The Morgan fingerprint density at radius 1 is 1.27 bits per heavy atom. The maximum Gasteiger partial charge on any atom is 0.192 e. The third-order valence-corrected chi connectivity index (χ3v) is 3.56. The van der Waals surface area contributed by atoms with Gasteiger partial charge in [0.25, 0.3) is 0 Å². The summed E-state index contributed by atoms with van der Waals surface area (Å²) in [6, 6.07) is 3.81. The first kappa shape index (κ1) is 10.6. The van der Waals surface area contributed by atoms with Crippen molar-refractivity contribution in [3.8, 4) is 0 Å². The van der Waals surface area contributed by atoms with Crippen LogP contribution in [-0.4, -0.2) is 15.0 Å². The average Bonchev–Trinajstić information content (AvgIpc) is 2.22. The van der Waals surface area contributed by atoms with Gasteiger partial charge in [-0.25, -0.2) is 9.97 Å². The average molecular weight is 282 g/mol. The quantitative estimate of drug-likeness (QED) is 0.793. The van der Waals surface area contributed by atoms with Crippen molar-refractivity contribution < 1.29 is 0 Å². The molecular weight excluding hydrogens is 274 g/mol. The number of nitrogens with zero attached hydrogens (tertiary/aromatic N) is 3. The summed E-state index contributed by atoms with van der Waals surface area (Å²) in [5, 5.41) is 0.752. The first-order valence-electron chi connectivity index (χ1n) is 4.33. The van der Waals surface area contributed by atoms with Crippen molar-refractivity contribution in [2.45, 2.75) is 17.0 Å². The molecule has 0 amide bonds. The molecule has 0 aliphatic carbocycles. The van der Waals surface area contributed by atoms with Crippen LogP contribution in [0, 0.1) is 6.92 Å². The number of aromatic nitrogens is 3. The van der Waals surface area contributed by atoms with Gasteiger partial charge in [0, 0.05) is 33.7 Å². The first-order chi connectivity index (χ1) is 7.25. The summed E-state index contributed by atoms with van der Waals surface area (Å²) in [6.45, 7) is 1.95. The molecule has 0 N–H and O–H groups in total. The Labute approximate surface area is 101 Å². The molecule has 0 bridgehead atoms. The van der Waals surface area contributed by atoms with E-state index in [0.29, 0.717) is 0 Å². The Morgan fingerprint density at radius 3 is 2.87 bits per heavy atom. The second-order valence-electron chi connectivity index (χ2n) is 2.89. The molecule has 2 rings (SSSR count). The van der Waals surface area contributed by atoms with Gasteiger partial charge in [0.05, 0.1) is 0 Å². The van der Waals surface area contributed by atoms with E-state index in [-0.39, 0.29) is 0 Å². The molecule has 0 atom stereocenters. The standard InChI is InChI=1S/C10H8BrN3S/c1-7-2-5-13-10(14-7)15-9-3-4-12-6-8(9)11/h2-6H,1H3. The summed E-state index contributed by atoms with van der Waals surface area (Å²) >= 11 is 4.95. The molecule has 15 heavy (non-hydrogen) atoms. The van der Waals surface area contributed by atoms with Gasteiger partial charge in [-0.2, -0.15) is 0 Å². The molecule has 0 saturated heterocycles. The second-order valence-corrected chi connectivity index (χ2v) is 4.75. The van der Waals surface area contributed by atoms with Gasteiger partial charge < -0.3 is 0 Å². The van der Waals surface area contributed by atoms with E-state index in [2.05, 4.69) is 30.9 Å². The number of rotatable bonds is 2. The van der Waals surface area contributed by atoms with Crippen LogP contribution in [0.15, 0.2) is 45.2 Å². The van der Waals surface area contributed by atoms with Gasteiger partial charge >= 0.3 is 0 Å². The molecule has 0 spiro atoms. The van der Waals surface area contributed by atoms with E-state index in [9.17, 15) is 0 Å². The van der Waals surface area contributed by atoms with E-state index in [1.165, 1.54) is 11.8 Å². The summed E-state index contributed by atoms with van der Waals surface area (Å²) in [5.41, 5.74) is 0.970. The highest BCUT2D eigenvalue weighted by atomic mass is 79.9. The van der Waals surface area contributed by atoms with Crippen molar-refractivity contribution in [3.63, 3.8) is 0 Å². The number of aryl methyl sites for hydroxylation is 1. The SMILES string of the molecule is Cc1ccnc(Sc2ccncc2Br)n1. The van der Waals surface area contributed by atoms with Gasteiger partial charge in [-0.3, -0.25) is 4.98 Å². The number of hydrogen-bond acceptors (Lipinski definition) is 4. The van der Waals surface area contributed by atoms with Crippen molar-refractivity contribution in [1.82, 2.24) is 15.0 Å². The molecule has 2 heterocycles. The highest BCUT2D eigenvalue weighted by Gasteiger charge is 2.03. The molecule has 0 saturated carbocycles. The van der Waals surface area contributed by atoms with Crippen molar-refractivity contribution in [2.24, 2.45) is 0 Å². The lowest BCUT2D eigenvalue weighted by Crippen LogP contribution is -1.88. The summed E-state index contributed by atoms with van der Waals surface area (Å²) < 4.78 is 0.958. The molecule has 2 aromatic heterocycles. The van der Waals surface area contributed by atoms with Gasteiger partial charge in [0.2, 0.25) is 0 Å². The zero-order valence-corrected chi connectivity index (χ0v) is 10.4. The molecule has 0 aliphatic heterocycles. The van der Waals surface area contributed by atoms with Crippen molar-refractivity contribution in [1.29, 1.82) is 0 Å². The van der Waals surface area contributed by atoms with E-state index in [1.807, 2.05) is 19.1 Å². The van der Waals surface area contributed by atoms with Crippen LogP contribution >= 0.6 is 27.7 Å². The third kappa shape index (κ3) is 2.76. The summed E-state index contributed by atoms with van der Waals surface area (Å²) in [6.07, 6.45) is 5.28. The normalized spacial score (nSPS) is 10.3. The van der Waals surface area contributed by atoms with Crippen LogP contribution in [0.25, 0.3) is 0 Å². The third-order valence-electron chi connectivity index (χ3n) is 1.71. The monoisotopic (exact) mass is 281 g/mol. The van der Waals surface area contributed by atoms with Crippen LogP contribution in [0.1, 0.15) is 5.69 Å². The number of pyridine rings is 1. The predicted molar refractivity (Wildman–Crippen MR) is 62.8 cm³/mol. The molecule has 2 aromatic rings. The summed E-state index contributed by atoms with van der Waals surface area (Å²) in [5.74, 6) is 0. The topological polar surface area (TPSA) is 38.7 Å². The minimum atomic E-state index is 0.752. The molecule has 0 radical (unpaired) electrons. The van der Waals surface area contributed by atoms with Crippen LogP contribution < -0.4 is 0 Å². The summed E-state index contributed by atoms with van der Waals surface area (Å²) in [4.78, 5) is 13.6. The molecular formula is C10H8BrN3S. The Hall–Kier alpha value is -0.940. The van der Waals surface area contributed by atoms with Gasteiger partial charge in [-0.15, -0.1) is 0 Å². The zero-order valence-electron chi connectivity index (χ0n) is 8.01. The van der Waals surface area contributed by atoms with E-state index in [1.54, 1.807) is 18.6 Å². The molecule has 0 aromatic carbocycles. The Bertz CT molecular complexity index is 476. The zero-order chi connectivity index (χ0) is 10.7. The van der Waals surface area contributed by atoms with E-state index < -0.39 is 0 Å². The van der Waals surface area contributed by atoms with Gasteiger partial charge in [0.15, 0.2) is 5.16 Å². The highest BCUT2D eigenvalue weighted by molar-refractivity contribution is 9.10. The molecule has 76 valence electrons. The lowest BCUT2D eigenvalue weighted by molar-refractivity contribution is 0.931. The lowest BCUT2D eigenvalue weighted by Gasteiger charge is -2.02. The Morgan fingerprint density at radius 2 is 2.13 bits per heavy atom. The largest absolute Gasteiger partial charge is 0.263 e. The maximum atomic E-state index is 4.32. The summed E-state index contributed by atoms with van der Waals surface area (Å²) in [7, 11) is 0.